The van der Waals surface area contributed by atoms with Crippen molar-refractivity contribution in [3.05, 3.63) is 35.9 Å². The van der Waals surface area contributed by atoms with E-state index < -0.39 is 0 Å². The summed E-state index contributed by atoms with van der Waals surface area (Å²) in [6.45, 7) is 4.27. The lowest BCUT2D eigenvalue weighted by molar-refractivity contribution is -0.121. The number of hydrogen-bond acceptors (Lipinski definition) is 3. The summed E-state index contributed by atoms with van der Waals surface area (Å²) in [7, 11) is 1.89. The van der Waals surface area contributed by atoms with Crippen LogP contribution in [0.5, 0.6) is 0 Å². The van der Waals surface area contributed by atoms with Crippen molar-refractivity contribution in [2.75, 3.05) is 26.7 Å². The molecule has 5 heteroatoms. The maximum Gasteiger partial charge on any atom is 0.220 e. The molecule has 0 aliphatic rings. The van der Waals surface area contributed by atoms with Crippen LogP contribution in [-0.4, -0.2) is 32.7 Å². The van der Waals surface area contributed by atoms with Crippen molar-refractivity contribution in [2.24, 2.45) is 0 Å². The number of halogens is 1. The van der Waals surface area contributed by atoms with Gasteiger partial charge < -0.3 is 15.4 Å². The number of ether oxygens (including phenoxy) is 1. The third-order valence-electron chi connectivity index (χ3n) is 3.11. The molecule has 0 radical (unpaired) electrons. The summed E-state index contributed by atoms with van der Waals surface area (Å²) in [5, 5.41) is 5.94. The van der Waals surface area contributed by atoms with E-state index in [0.717, 1.165) is 19.4 Å². The third kappa shape index (κ3) is 9.45. The SMILES string of the molecule is CNCCCC(=O)NCCCOC(C)c1ccccc1.Cl. The summed E-state index contributed by atoms with van der Waals surface area (Å²) >= 11 is 0. The van der Waals surface area contributed by atoms with Gasteiger partial charge in [-0.15, -0.1) is 12.4 Å². The summed E-state index contributed by atoms with van der Waals surface area (Å²) < 4.78 is 5.75. The van der Waals surface area contributed by atoms with Gasteiger partial charge in [-0.1, -0.05) is 30.3 Å². The molecule has 0 spiro atoms. The van der Waals surface area contributed by atoms with Gasteiger partial charge in [0.1, 0.15) is 0 Å². The molecule has 0 aliphatic heterocycles. The smallest absolute Gasteiger partial charge is 0.220 e. The van der Waals surface area contributed by atoms with Gasteiger partial charge >= 0.3 is 0 Å². The van der Waals surface area contributed by atoms with Gasteiger partial charge in [0.05, 0.1) is 6.10 Å². The topological polar surface area (TPSA) is 50.4 Å². The van der Waals surface area contributed by atoms with Crippen LogP contribution in [0.4, 0.5) is 0 Å². The Morgan fingerprint density at radius 1 is 1.19 bits per heavy atom. The number of benzene rings is 1. The summed E-state index contributed by atoms with van der Waals surface area (Å²) in [5.41, 5.74) is 1.18. The van der Waals surface area contributed by atoms with E-state index in [4.69, 9.17) is 4.74 Å². The second kappa shape index (κ2) is 12.6. The second-order valence-corrected chi connectivity index (χ2v) is 4.83. The molecule has 4 nitrogen and oxygen atoms in total. The third-order valence-corrected chi connectivity index (χ3v) is 3.11. The highest BCUT2D eigenvalue weighted by Crippen LogP contribution is 2.15. The fraction of sp³-hybridized carbons (Fsp3) is 0.562. The summed E-state index contributed by atoms with van der Waals surface area (Å²) in [4.78, 5) is 11.5. The highest BCUT2D eigenvalue weighted by atomic mass is 35.5. The van der Waals surface area contributed by atoms with E-state index in [1.54, 1.807) is 0 Å². The predicted molar refractivity (Wildman–Crippen MR) is 88.8 cm³/mol. The van der Waals surface area contributed by atoms with E-state index in [9.17, 15) is 4.79 Å². The van der Waals surface area contributed by atoms with E-state index in [2.05, 4.69) is 22.8 Å². The van der Waals surface area contributed by atoms with Gasteiger partial charge in [0.25, 0.3) is 0 Å². The molecule has 2 N–H and O–H groups in total. The molecule has 1 unspecified atom stereocenters. The van der Waals surface area contributed by atoms with Crippen molar-refractivity contribution >= 4 is 18.3 Å². The number of rotatable bonds is 10. The molecular formula is C16H27ClN2O2. The van der Waals surface area contributed by atoms with E-state index in [1.165, 1.54) is 5.56 Å². The van der Waals surface area contributed by atoms with Crippen LogP contribution < -0.4 is 10.6 Å². The molecule has 0 fully saturated rings. The lowest BCUT2D eigenvalue weighted by Crippen LogP contribution is -2.26. The molecule has 120 valence electrons. The van der Waals surface area contributed by atoms with Gasteiger partial charge in [-0.25, -0.2) is 0 Å². The van der Waals surface area contributed by atoms with Crippen LogP contribution in [0.15, 0.2) is 30.3 Å². The first-order valence-corrected chi connectivity index (χ1v) is 7.32. The first-order valence-electron chi connectivity index (χ1n) is 7.32. The van der Waals surface area contributed by atoms with Crippen LogP contribution in [0.2, 0.25) is 0 Å². The Bertz CT molecular complexity index is 374. The maximum atomic E-state index is 11.5. The maximum absolute atomic E-state index is 11.5. The molecule has 0 saturated carbocycles. The van der Waals surface area contributed by atoms with Crippen molar-refractivity contribution in [3.63, 3.8) is 0 Å². The van der Waals surface area contributed by atoms with Gasteiger partial charge in [-0.2, -0.15) is 0 Å². The molecule has 1 aromatic rings. The first kappa shape index (κ1) is 19.9. The van der Waals surface area contributed by atoms with Crippen LogP contribution in [0.3, 0.4) is 0 Å². The average Bonchev–Trinajstić information content (AvgIpc) is 2.48. The summed E-state index contributed by atoms with van der Waals surface area (Å²) in [5.74, 6) is 0.122. The van der Waals surface area contributed by atoms with Crippen molar-refractivity contribution < 1.29 is 9.53 Å². The van der Waals surface area contributed by atoms with Crippen LogP contribution in [0, 0.1) is 0 Å². The molecule has 0 aromatic heterocycles. The summed E-state index contributed by atoms with van der Waals surface area (Å²) in [6, 6.07) is 10.2. The Hall–Kier alpha value is -1.10. The Morgan fingerprint density at radius 2 is 1.90 bits per heavy atom. The Kier molecular flexibility index (Phi) is 12.0. The minimum atomic E-state index is 0. The minimum absolute atomic E-state index is 0. The fourth-order valence-corrected chi connectivity index (χ4v) is 1.89. The molecule has 1 aromatic carbocycles. The zero-order valence-electron chi connectivity index (χ0n) is 12.9. The quantitative estimate of drug-likeness (QED) is 0.653. The number of hydrogen-bond donors (Lipinski definition) is 2. The molecule has 0 bridgehead atoms. The van der Waals surface area contributed by atoms with Gasteiger partial charge in [-0.05, 0) is 38.9 Å². The van der Waals surface area contributed by atoms with Crippen molar-refractivity contribution in [2.45, 2.75) is 32.3 Å². The van der Waals surface area contributed by atoms with Crippen LogP contribution in [0.1, 0.15) is 37.9 Å². The molecular weight excluding hydrogens is 288 g/mol. The van der Waals surface area contributed by atoms with E-state index in [0.29, 0.717) is 19.6 Å². The Labute approximate surface area is 134 Å². The van der Waals surface area contributed by atoms with E-state index in [1.807, 2.05) is 32.2 Å². The van der Waals surface area contributed by atoms with Crippen LogP contribution >= 0.6 is 12.4 Å². The molecule has 0 aliphatic carbocycles. The van der Waals surface area contributed by atoms with Gasteiger partial charge in [0.2, 0.25) is 5.91 Å². The molecule has 1 rings (SSSR count). The highest BCUT2D eigenvalue weighted by Gasteiger charge is 2.04. The largest absolute Gasteiger partial charge is 0.374 e. The standard InChI is InChI=1S/C16H26N2O2.ClH/c1-14(15-8-4-3-5-9-15)20-13-7-12-18-16(19)10-6-11-17-2;/h3-5,8-9,14,17H,6-7,10-13H2,1-2H3,(H,18,19);1H. The highest BCUT2D eigenvalue weighted by molar-refractivity contribution is 5.85. The first-order chi connectivity index (χ1) is 9.74. The van der Waals surface area contributed by atoms with Crippen LogP contribution in [0.25, 0.3) is 0 Å². The van der Waals surface area contributed by atoms with Crippen molar-refractivity contribution in [1.29, 1.82) is 0 Å². The van der Waals surface area contributed by atoms with Gasteiger partial charge in [-0.3, -0.25) is 4.79 Å². The number of carbonyl (C=O) groups excluding carboxylic acids is 1. The molecule has 1 atom stereocenters. The van der Waals surface area contributed by atoms with E-state index in [-0.39, 0.29) is 24.4 Å². The minimum Gasteiger partial charge on any atom is -0.374 e. The Morgan fingerprint density at radius 3 is 2.57 bits per heavy atom. The fourth-order valence-electron chi connectivity index (χ4n) is 1.89. The number of amides is 1. The lowest BCUT2D eigenvalue weighted by Gasteiger charge is -2.13. The van der Waals surface area contributed by atoms with Crippen molar-refractivity contribution in [3.8, 4) is 0 Å². The summed E-state index contributed by atoms with van der Waals surface area (Å²) in [6.07, 6.45) is 2.41. The Balaban J connectivity index is 0.00000400. The number of nitrogens with one attached hydrogen (secondary N) is 2. The molecule has 21 heavy (non-hydrogen) atoms. The van der Waals surface area contributed by atoms with E-state index >= 15 is 0 Å². The molecule has 0 heterocycles. The zero-order valence-corrected chi connectivity index (χ0v) is 13.7. The number of carbonyl (C=O) groups is 1. The second-order valence-electron chi connectivity index (χ2n) is 4.83. The molecule has 0 saturated heterocycles. The van der Waals surface area contributed by atoms with Crippen molar-refractivity contribution in [1.82, 2.24) is 10.6 Å². The van der Waals surface area contributed by atoms with Crippen LogP contribution in [-0.2, 0) is 9.53 Å². The van der Waals surface area contributed by atoms with Gasteiger partial charge in [0.15, 0.2) is 0 Å². The monoisotopic (exact) mass is 314 g/mol. The molecule has 1 amide bonds. The lowest BCUT2D eigenvalue weighted by atomic mass is 10.1. The average molecular weight is 315 g/mol. The normalized spacial score (nSPS) is 11.5. The van der Waals surface area contributed by atoms with Gasteiger partial charge in [0, 0.05) is 19.6 Å². The zero-order chi connectivity index (χ0) is 14.6. The predicted octanol–water partition coefficient (Wildman–Crippen LogP) is 2.69.